The van der Waals surface area contributed by atoms with Gasteiger partial charge in [0.05, 0.1) is 0 Å². The van der Waals surface area contributed by atoms with Crippen molar-refractivity contribution in [3.63, 3.8) is 0 Å². The number of rotatable bonds is 8. The van der Waals surface area contributed by atoms with Gasteiger partial charge in [-0.25, -0.2) is 0 Å². The van der Waals surface area contributed by atoms with Crippen LogP contribution in [0.2, 0.25) is 5.02 Å². The first-order valence-electron chi connectivity index (χ1n) is 8.42. The highest BCUT2D eigenvalue weighted by Gasteiger charge is 2.35. The molecule has 0 aromatic heterocycles. The van der Waals surface area contributed by atoms with Crippen LogP contribution in [-0.4, -0.2) is 24.0 Å². The van der Waals surface area contributed by atoms with Crippen LogP contribution in [0, 0.1) is 11.8 Å². The predicted octanol–water partition coefficient (Wildman–Crippen LogP) is 4.24. The lowest BCUT2D eigenvalue weighted by molar-refractivity contribution is 0.155. The highest BCUT2D eigenvalue weighted by atomic mass is 35.5. The van der Waals surface area contributed by atoms with Crippen LogP contribution in [0.4, 0.5) is 0 Å². The molecule has 116 valence electrons. The monoisotopic (exact) mass is 306 g/mol. The van der Waals surface area contributed by atoms with E-state index in [9.17, 15) is 0 Å². The summed E-state index contributed by atoms with van der Waals surface area (Å²) >= 11 is 6.22. The molecule has 0 amide bonds. The smallest absolute Gasteiger partial charge is 0.0499 e. The molecule has 0 saturated heterocycles. The summed E-state index contributed by atoms with van der Waals surface area (Å²) in [6.07, 6.45) is 6.58. The molecule has 2 nitrogen and oxygen atoms in total. The van der Waals surface area contributed by atoms with Gasteiger partial charge in [-0.15, -0.1) is 0 Å². The van der Waals surface area contributed by atoms with Gasteiger partial charge < -0.3 is 5.73 Å². The zero-order valence-corrected chi connectivity index (χ0v) is 13.7. The summed E-state index contributed by atoms with van der Waals surface area (Å²) in [6, 6.07) is 8.80. The fraction of sp³-hybridized carbons (Fsp3) is 0.667. The summed E-state index contributed by atoms with van der Waals surface area (Å²) in [6.45, 7) is 4.61. The third-order valence-corrected chi connectivity index (χ3v) is 5.07. The standard InChI is InChI=1S/C18H27ClN2/c1-2-17(20)18(15-4-3-5-16(19)10-15)21(11-13-6-7-13)12-14-8-9-14/h3-5,10,13-14,17-18H,2,6-9,11-12,20H2,1H3. The number of halogens is 1. The Labute approximate surface area is 133 Å². The van der Waals surface area contributed by atoms with Crippen molar-refractivity contribution in [3.8, 4) is 0 Å². The van der Waals surface area contributed by atoms with E-state index in [1.54, 1.807) is 0 Å². The quantitative estimate of drug-likeness (QED) is 0.778. The molecule has 1 aromatic rings. The van der Waals surface area contributed by atoms with Crippen LogP contribution in [-0.2, 0) is 0 Å². The Morgan fingerprint density at radius 3 is 2.29 bits per heavy atom. The van der Waals surface area contributed by atoms with Crippen molar-refractivity contribution < 1.29 is 0 Å². The average molecular weight is 307 g/mol. The zero-order chi connectivity index (χ0) is 14.8. The molecule has 3 rings (SSSR count). The van der Waals surface area contributed by atoms with E-state index < -0.39 is 0 Å². The predicted molar refractivity (Wildman–Crippen MR) is 89.5 cm³/mol. The maximum absolute atomic E-state index is 6.51. The van der Waals surface area contributed by atoms with E-state index in [0.717, 1.165) is 23.3 Å². The van der Waals surface area contributed by atoms with E-state index in [2.05, 4.69) is 30.0 Å². The summed E-state index contributed by atoms with van der Waals surface area (Å²) < 4.78 is 0. The van der Waals surface area contributed by atoms with E-state index in [-0.39, 0.29) is 6.04 Å². The fourth-order valence-electron chi connectivity index (χ4n) is 3.21. The molecule has 1 aromatic carbocycles. The van der Waals surface area contributed by atoms with Gasteiger partial charge in [-0.2, -0.15) is 0 Å². The van der Waals surface area contributed by atoms with Crippen LogP contribution < -0.4 is 5.73 Å². The van der Waals surface area contributed by atoms with Crippen LogP contribution in [0.1, 0.15) is 50.6 Å². The lowest BCUT2D eigenvalue weighted by atomic mass is 9.95. The summed E-state index contributed by atoms with van der Waals surface area (Å²) in [7, 11) is 0. The third kappa shape index (κ3) is 4.21. The van der Waals surface area contributed by atoms with Crippen molar-refractivity contribution in [2.24, 2.45) is 17.6 Å². The van der Waals surface area contributed by atoms with Gasteiger partial charge in [-0.1, -0.05) is 30.7 Å². The van der Waals surface area contributed by atoms with Crippen molar-refractivity contribution in [2.45, 2.75) is 51.1 Å². The molecular formula is C18H27ClN2. The third-order valence-electron chi connectivity index (χ3n) is 4.84. The molecule has 3 heteroatoms. The van der Waals surface area contributed by atoms with Crippen molar-refractivity contribution in [3.05, 3.63) is 34.9 Å². The van der Waals surface area contributed by atoms with Crippen molar-refractivity contribution >= 4 is 11.6 Å². The van der Waals surface area contributed by atoms with Crippen molar-refractivity contribution in [1.82, 2.24) is 4.90 Å². The van der Waals surface area contributed by atoms with Crippen LogP contribution in [0.3, 0.4) is 0 Å². The first-order valence-corrected chi connectivity index (χ1v) is 8.80. The maximum atomic E-state index is 6.51. The highest BCUT2D eigenvalue weighted by Crippen LogP contribution is 2.38. The topological polar surface area (TPSA) is 29.3 Å². The second-order valence-electron chi connectivity index (χ2n) is 6.91. The second-order valence-corrected chi connectivity index (χ2v) is 7.35. The Balaban J connectivity index is 1.83. The minimum absolute atomic E-state index is 0.181. The zero-order valence-electron chi connectivity index (χ0n) is 13.0. The maximum Gasteiger partial charge on any atom is 0.0499 e. The number of hydrogen-bond acceptors (Lipinski definition) is 2. The number of nitrogens with zero attached hydrogens (tertiary/aromatic N) is 1. The van der Waals surface area contributed by atoms with Crippen molar-refractivity contribution in [2.75, 3.05) is 13.1 Å². The van der Waals surface area contributed by atoms with E-state index in [1.807, 2.05) is 6.07 Å². The van der Waals surface area contributed by atoms with E-state index in [4.69, 9.17) is 17.3 Å². The number of benzene rings is 1. The molecule has 2 N–H and O–H groups in total. The summed E-state index contributed by atoms with van der Waals surface area (Å²) in [5.74, 6) is 1.80. The van der Waals surface area contributed by atoms with Gasteiger partial charge in [0.25, 0.3) is 0 Å². The molecular weight excluding hydrogens is 280 g/mol. The van der Waals surface area contributed by atoms with E-state index in [0.29, 0.717) is 6.04 Å². The molecule has 2 unspecified atom stereocenters. The van der Waals surface area contributed by atoms with Gasteiger partial charge >= 0.3 is 0 Å². The second kappa shape index (κ2) is 6.68. The molecule has 0 heterocycles. The Morgan fingerprint density at radius 1 is 1.19 bits per heavy atom. The summed E-state index contributed by atoms with van der Waals surface area (Å²) in [4.78, 5) is 2.66. The lowest BCUT2D eigenvalue weighted by Gasteiger charge is -2.36. The SMILES string of the molecule is CCC(N)C(c1cccc(Cl)c1)N(CC1CC1)CC1CC1. The Kier molecular flexibility index (Phi) is 4.88. The Hall–Kier alpha value is -0.570. The van der Waals surface area contributed by atoms with Gasteiger partial charge in [-0.05, 0) is 61.6 Å². The Morgan fingerprint density at radius 2 is 1.81 bits per heavy atom. The molecule has 2 atom stereocenters. The van der Waals surface area contributed by atoms with Crippen molar-refractivity contribution in [1.29, 1.82) is 0 Å². The van der Waals surface area contributed by atoms with E-state index in [1.165, 1.54) is 44.3 Å². The molecule has 2 fully saturated rings. The number of hydrogen-bond donors (Lipinski definition) is 1. The van der Waals surface area contributed by atoms with Crippen LogP contribution in [0.15, 0.2) is 24.3 Å². The van der Waals surface area contributed by atoms with Gasteiger partial charge in [0, 0.05) is 30.2 Å². The first-order chi connectivity index (χ1) is 10.2. The Bertz CT molecular complexity index is 454. The molecule has 2 saturated carbocycles. The molecule has 0 spiro atoms. The van der Waals surface area contributed by atoms with Gasteiger partial charge in [0.2, 0.25) is 0 Å². The lowest BCUT2D eigenvalue weighted by Crippen LogP contribution is -2.42. The summed E-state index contributed by atoms with van der Waals surface area (Å²) in [5, 5.41) is 0.818. The highest BCUT2D eigenvalue weighted by molar-refractivity contribution is 6.30. The number of nitrogens with two attached hydrogens (primary N) is 1. The molecule has 0 bridgehead atoms. The summed E-state index contributed by atoms with van der Waals surface area (Å²) in [5.41, 5.74) is 7.80. The molecule has 2 aliphatic rings. The fourth-order valence-corrected chi connectivity index (χ4v) is 3.41. The molecule has 21 heavy (non-hydrogen) atoms. The van der Waals surface area contributed by atoms with E-state index >= 15 is 0 Å². The van der Waals surface area contributed by atoms with Crippen LogP contribution in [0.5, 0.6) is 0 Å². The largest absolute Gasteiger partial charge is 0.326 e. The molecule has 0 radical (unpaired) electrons. The van der Waals surface area contributed by atoms with Gasteiger partial charge in [-0.3, -0.25) is 4.90 Å². The first kappa shape index (κ1) is 15.3. The van der Waals surface area contributed by atoms with Gasteiger partial charge in [0.1, 0.15) is 0 Å². The normalized spacial score (nSPS) is 21.5. The molecule has 2 aliphatic carbocycles. The molecule has 0 aliphatic heterocycles. The van der Waals surface area contributed by atoms with Crippen LogP contribution >= 0.6 is 11.6 Å². The minimum atomic E-state index is 0.181. The van der Waals surface area contributed by atoms with Gasteiger partial charge in [0.15, 0.2) is 0 Å². The minimum Gasteiger partial charge on any atom is -0.326 e. The van der Waals surface area contributed by atoms with Crippen LogP contribution in [0.25, 0.3) is 0 Å². The average Bonchev–Trinajstić information content (AvgIpc) is 3.35.